The highest BCUT2D eigenvalue weighted by Gasteiger charge is 2.32. The lowest BCUT2D eigenvalue weighted by molar-refractivity contribution is 0.0636. The molecule has 0 aromatic heterocycles. The van der Waals surface area contributed by atoms with E-state index in [1.54, 1.807) is 0 Å². The van der Waals surface area contributed by atoms with Crippen molar-refractivity contribution in [1.82, 2.24) is 0 Å². The molecular weight excluding hydrogens is 592 g/mol. The van der Waals surface area contributed by atoms with Crippen LogP contribution in [0.25, 0.3) is 0 Å². The number of epoxide rings is 2. The van der Waals surface area contributed by atoms with E-state index in [2.05, 4.69) is 62.4 Å². The first-order chi connectivity index (χ1) is 22.7. The molecule has 6 rings (SSSR count). The van der Waals surface area contributed by atoms with Crippen molar-refractivity contribution in [3.8, 4) is 23.0 Å². The fourth-order valence-corrected chi connectivity index (χ4v) is 5.61. The highest BCUT2D eigenvalue weighted by molar-refractivity contribution is 5.35. The lowest BCUT2D eigenvalue weighted by Crippen LogP contribution is -2.30. The van der Waals surface area contributed by atoms with Gasteiger partial charge in [-0.3, -0.25) is 0 Å². The van der Waals surface area contributed by atoms with Gasteiger partial charge in [0.05, 0.1) is 31.5 Å². The fraction of sp³-hybridized carbons (Fsp3) is 0.400. The second-order valence-electron chi connectivity index (χ2n) is 13.3. The third-order valence-electron chi connectivity index (χ3n) is 8.25. The van der Waals surface area contributed by atoms with Crippen LogP contribution in [-0.4, -0.2) is 61.6 Å². The Morgan fingerprint density at radius 3 is 1.60 bits per heavy atom. The quantitative estimate of drug-likeness (QED) is 0.116. The van der Waals surface area contributed by atoms with Gasteiger partial charge in [0, 0.05) is 12.8 Å². The Bertz CT molecular complexity index is 1520. The van der Waals surface area contributed by atoms with Crippen LogP contribution in [0.15, 0.2) is 97.1 Å². The lowest BCUT2D eigenvalue weighted by Gasteiger charge is -2.26. The second kappa shape index (κ2) is 15.2. The van der Waals surface area contributed by atoms with E-state index in [0.717, 1.165) is 55.5 Å². The van der Waals surface area contributed by atoms with Crippen molar-refractivity contribution in [3.63, 3.8) is 0 Å². The number of ether oxygens (including phenoxy) is 6. The molecule has 2 fully saturated rings. The van der Waals surface area contributed by atoms with Crippen molar-refractivity contribution in [1.29, 1.82) is 0 Å². The number of benzene rings is 4. The number of aliphatic hydroxyl groups excluding tert-OH is 1. The zero-order chi connectivity index (χ0) is 32.6. The maximum absolute atomic E-state index is 10.6. The minimum absolute atomic E-state index is 0.162. The second-order valence-corrected chi connectivity index (χ2v) is 13.3. The Labute approximate surface area is 278 Å². The minimum atomic E-state index is -0.643. The van der Waals surface area contributed by atoms with E-state index in [1.807, 2.05) is 55.5 Å². The van der Waals surface area contributed by atoms with Gasteiger partial charge >= 0.3 is 0 Å². The summed E-state index contributed by atoms with van der Waals surface area (Å²) in [6.07, 6.45) is 2.79. The van der Waals surface area contributed by atoms with E-state index >= 15 is 0 Å². The molecule has 4 aromatic rings. The molecule has 0 bridgehead atoms. The largest absolute Gasteiger partial charge is 0.491 e. The van der Waals surface area contributed by atoms with Crippen molar-refractivity contribution < 1.29 is 33.5 Å². The van der Waals surface area contributed by atoms with Crippen LogP contribution in [0, 0.1) is 0 Å². The zero-order valence-corrected chi connectivity index (χ0v) is 27.6. The molecule has 1 N–H and O–H groups in total. The molecule has 7 nitrogen and oxygen atoms in total. The van der Waals surface area contributed by atoms with Crippen LogP contribution in [0.1, 0.15) is 55.9 Å². The molecule has 7 heteroatoms. The number of hydrogen-bond donors (Lipinski definition) is 1. The van der Waals surface area contributed by atoms with Gasteiger partial charge in [-0.25, -0.2) is 0 Å². The van der Waals surface area contributed by atoms with Gasteiger partial charge in [0.1, 0.15) is 47.9 Å². The highest BCUT2D eigenvalue weighted by atomic mass is 16.6. The molecule has 2 saturated heterocycles. The Morgan fingerprint density at radius 1 is 0.660 bits per heavy atom. The van der Waals surface area contributed by atoms with Crippen LogP contribution in [0.3, 0.4) is 0 Å². The molecule has 4 atom stereocenters. The van der Waals surface area contributed by atoms with Gasteiger partial charge in [0.25, 0.3) is 0 Å². The summed E-state index contributed by atoms with van der Waals surface area (Å²) in [7, 11) is 0. The Balaban J connectivity index is 0.884. The van der Waals surface area contributed by atoms with Crippen molar-refractivity contribution in [2.45, 2.75) is 76.5 Å². The van der Waals surface area contributed by atoms with E-state index < -0.39 is 6.10 Å². The monoisotopic (exact) mass is 638 g/mol. The van der Waals surface area contributed by atoms with E-state index in [0.29, 0.717) is 19.1 Å². The molecule has 4 aromatic carbocycles. The maximum atomic E-state index is 10.6. The standard InChI is InChI=1S/C40H46O7/c1-28(46-36-16-8-31(9-17-36)21-30-6-14-35(15-7-30)43-26-39-27-45-39)20-33(41)24-42-34-12-4-29(5-13-34)22-32-10-18-37(19-11-32)47-40(2,3)23-38-25-44-38/h4-19,28,33,38-39,41H,20-27H2,1-3H3. The van der Waals surface area contributed by atoms with Crippen molar-refractivity contribution in [3.05, 3.63) is 119 Å². The van der Waals surface area contributed by atoms with Gasteiger partial charge in [-0.1, -0.05) is 48.5 Å². The van der Waals surface area contributed by atoms with Gasteiger partial charge in [-0.15, -0.1) is 0 Å². The summed E-state index contributed by atoms with van der Waals surface area (Å²) in [5.41, 5.74) is 4.57. The number of aliphatic hydroxyl groups is 1. The van der Waals surface area contributed by atoms with Crippen LogP contribution < -0.4 is 18.9 Å². The van der Waals surface area contributed by atoms with Crippen LogP contribution >= 0.6 is 0 Å². The van der Waals surface area contributed by atoms with Crippen LogP contribution in [0.5, 0.6) is 23.0 Å². The summed E-state index contributed by atoms with van der Waals surface area (Å²) in [5.74, 6) is 3.26. The summed E-state index contributed by atoms with van der Waals surface area (Å²) in [5, 5.41) is 10.6. The van der Waals surface area contributed by atoms with Crippen molar-refractivity contribution >= 4 is 0 Å². The predicted octanol–water partition coefficient (Wildman–Crippen LogP) is 7.19. The van der Waals surface area contributed by atoms with Crippen molar-refractivity contribution in [2.24, 2.45) is 0 Å². The van der Waals surface area contributed by atoms with Gasteiger partial charge in [-0.05, 0) is 104 Å². The van der Waals surface area contributed by atoms with E-state index in [-0.39, 0.29) is 24.4 Å². The normalized spacial score (nSPS) is 18.2. The van der Waals surface area contributed by atoms with E-state index in [9.17, 15) is 5.11 Å². The SMILES string of the molecule is CC(CC(O)COc1ccc(Cc2ccc(OC(C)(C)CC3CO3)cc2)cc1)Oc1ccc(Cc2ccc(OCC3CO3)cc2)cc1. The van der Waals surface area contributed by atoms with E-state index in [1.165, 1.54) is 22.3 Å². The summed E-state index contributed by atoms with van der Waals surface area (Å²) in [6, 6.07) is 32.7. The van der Waals surface area contributed by atoms with Gasteiger partial charge in [0.15, 0.2) is 0 Å². The number of rotatable bonds is 18. The molecule has 0 amide bonds. The molecule has 2 heterocycles. The molecule has 4 unspecified atom stereocenters. The van der Waals surface area contributed by atoms with E-state index in [4.69, 9.17) is 28.4 Å². The summed E-state index contributed by atoms with van der Waals surface area (Å²) >= 11 is 0. The van der Waals surface area contributed by atoms with Crippen LogP contribution in [-0.2, 0) is 22.3 Å². The molecule has 248 valence electrons. The average molecular weight is 639 g/mol. The predicted molar refractivity (Wildman–Crippen MR) is 182 cm³/mol. The molecule has 0 spiro atoms. The Kier molecular flexibility index (Phi) is 10.7. The summed E-state index contributed by atoms with van der Waals surface area (Å²) in [4.78, 5) is 0. The molecule has 47 heavy (non-hydrogen) atoms. The zero-order valence-electron chi connectivity index (χ0n) is 27.6. The topological polar surface area (TPSA) is 82.2 Å². The first-order valence-corrected chi connectivity index (χ1v) is 16.6. The summed E-state index contributed by atoms with van der Waals surface area (Å²) < 4.78 is 34.4. The molecule has 2 aliphatic heterocycles. The van der Waals surface area contributed by atoms with Gasteiger partial charge < -0.3 is 33.5 Å². The van der Waals surface area contributed by atoms with Crippen LogP contribution in [0.4, 0.5) is 0 Å². The number of hydrogen-bond acceptors (Lipinski definition) is 7. The maximum Gasteiger partial charge on any atom is 0.120 e. The Hall–Kier alpha value is -4.04. The average Bonchev–Trinajstić information content (AvgIpc) is 4.00. The Morgan fingerprint density at radius 2 is 1.11 bits per heavy atom. The molecule has 0 saturated carbocycles. The third-order valence-corrected chi connectivity index (χ3v) is 8.25. The highest BCUT2D eigenvalue weighted by Crippen LogP contribution is 2.28. The molecule has 0 radical (unpaired) electrons. The van der Waals surface area contributed by atoms with Crippen molar-refractivity contribution in [2.75, 3.05) is 26.4 Å². The first kappa shape index (κ1) is 32.9. The lowest BCUT2D eigenvalue weighted by atomic mass is 10.0. The van der Waals surface area contributed by atoms with Crippen LogP contribution in [0.2, 0.25) is 0 Å². The summed E-state index contributed by atoms with van der Waals surface area (Å²) in [6.45, 7) is 8.62. The molecule has 2 aliphatic rings. The smallest absolute Gasteiger partial charge is 0.120 e. The van der Waals surface area contributed by atoms with Gasteiger partial charge in [0.2, 0.25) is 0 Å². The fourth-order valence-electron chi connectivity index (χ4n) is 5.61. The minimum Gasteiger partial charge on any atom is -0.491 e. The third kappa shape index (κ3) is 11.0. The van der Waals surface area contributed by atoms with Gasteiger partial charge in [-0.2, -0.15) is 0 Å². The molecular formula is C40H46O7. The molecule has 0 aliphatic carbocycles. The first-order valence-electron chi connectivity index (χ1n) is 16.6.